The van der Waals surface area contributed by atoms with Gasteiger partial charge in [0.2, 0.25) is 0 Å². The maximum Gasteiger partial charge on any atom is 0.329 e. The number of amides is 1. The molecule has 0 atom stereocenters. The van der Waals surface area contributed by atoms with Crippen molar-refractivity contribution in [3.8, 4) is 0 Å². The molecule has 0 radical (unpaired) electrons. The first-order valence-corrected chi connectivity index (χ1v) is 5.81. The van der Waals surface area contributed by atoms with E-state index in [-0.39, 0.29) is 5.69 Å². The maximum absolute atomic E-state index is 11.9. The van der Waals surface area contributed by atoms with Crippen LogP contribution in [0.3, 0.4) is 0 Å². The third kappa shape index (κ3) is 2.27. The summed E-state index contributed by atoms with van der Waals surface area (Å²) >= 11 is 0. The van der Waals surface area contributed by atoms with Crippen LogP contribution in [0.5, 0.6) is 0 Å². The van der Waals surface area contributed by atoms with Crippen LogP contribution >= 0.6 is 0 Å². The summed E-state index contributed by atoms with van der Waals surface area (Å²) < 4.78 is 0. The first-order chi connectivity index (χ1) is 8.53. The fraction of sp³-hybridized carbons (Fsp3) is 0.417. The summed E-state index contributed by atoms with van der Waals surface area (Å²) in [6.07, 6.45) is 3.91. The second-order valence-corrected chi connectivity index (χ2v) is 4.53. The van der Waals surface area contributed by atoms with Crippen molar-refractivity contribution in [2.45, 2.75) is 31.2 Å². The number of carbonyl (C=O) groups excluding carboxylic acids is 1. The van der Waals surface area contributed by atoms with E-state index in [1.54, 1.807) is 6.07 Å². The minimum absolute atomic E-state index is 0.178. The number of rotatable bonds is 3. The van der Waals surface area contributed by atoms with E-state index >= 15 is 0 Å². The average molecular weight is 249 g/mol. The molecule has 0 spiro atoms. The van der Waals surface area contributed by atoms with Crippen molar-refractivity contribution in [3.05, 3.63) is 24.0 Å². The Morgan fingerprint density at radius 1 is 1.33 bits per heavy atom. The van der Waals surface area contributed by atoms with Crippen LogP contribution < -0.4 is 11.1 Å². The van der Waals surface area contributed by atoms with Crippen LogP contribution in [0.1, 0.15) is 36.2 Å². The summed E-state index contributed by atoms with van der Waals surface area (Å²) in [6.45, 7) is 0. The smallest absolute Gasteiger partial charge is 0.329 e. The molecule has 18 heavy (non-hydrogen) atoms. The third-order valence-electron chi connectivity index (χ3n) is 3.24. The van der Waals surface area contributed by atoms with E-state index in [0.29, 0.717) is 18.5 Å². The molecule has 0 bridgehead atoms. The van der Waals surface area contributed by atoms with Crippen LogP contribution in [-0.2, 0) is 4.79 Å². The summed E-state index contributed by atoms with van der Waals surface area (Å²) in [4.78, 5) is 27.1. The lowest BCUT2D eigenvalue weighted by atomic mass is 9.97. The largest absolute Gasteiger partial charge is 0.480 e. The average Bonchev–Trinajstić information content (AvgIpc) is 2.79. The Bertz CT molecular complexity index is 464. The van der Waals surface area contributed by atoms with Gasteiger partial charge in [-0.25, -0.2) is 9.78 Å². The summed E-state index contributed by atoms with van der Waals surface area (Å²) in [6, 6.07) is 3.04. The van der Waals surface area contributed by atoms with Crippen LogP contribution in [0.25, 0.3) is 0 Å². The van der Waals surface area contributed by atoms with Crippen molar-refractivity contribution in [1.29, 1.82) is 0 Å². The number of nitrogens with zero attached hydrogens (tertiary/aromatic N) is 1. The van der Waals surface area contributed by atoms with Crippen LogP contribution in [0.15, 0.2) is 18.3 Å². The quantitative estimate of drug-likeness (QED) is 0.734. The van der Waals surface area contributed by atoms with Gasteiger partial charge in [-0.05, 0) is 25.0 Å². The predicted octanol–water partition coefficient (Wildman–Crippen LogP) is 0.791. The lowest BCUT2D eigenvalue weighted by molar-refractivity contribution is -0.144. The van der Waals surface area contributed by atoms with Crippen molar-refractivity contribution in [2.75, 3.05) is 5.73 Å². The van der Waals surface area contributed by atoms with Gasteiger partial charge in [-0.1, -0.05) is 12.8 Å². The first-order valence-electron chi connectivity index (χ1n) is 5.81. The van der Waals surface area contributed by atoms with E-state index in [1.807, 2.05) is 0 Å². The van der Waals surface area contributed by atoms with Gasteiger partial charge in [0.25, 0.3) is 5.91 Å². The van der Waals surface area contributed by atoms with Gasteiger partial charge in [0.1, 0.15) is 11.2 Å². The van der Waals surface area contributed by atoms with E-state index in [9.17, 15) is 14.7 Å². The first kappa shape index (κ1) is 12.3. The monoisotopic (exact) mass is 249 g/mol. The normalized spacial score (nSPS) is 17.3. The summed E-state index contributed by atoms with van der Waals surface area (Å²) in [5.74, 6) is -1.46. The molecule has 6 heteroatoms. The van der Waals surface area contributed by atoms with Crippen molar-refractivity contribution in [1.82, 2.24) is 10.3 Å². The second-order valence-electron chi connectivity index (χ2n) is 4.53. The Kier molecular flexibility index (Phi) is 3.18. The zero-order valence-corrected chi connectivity index (χ0v) is 9.85. The number of aromatic nitrogens is 1. The molecule has 4 N–H and O–H groups in total. The molecule has 1 heterocycles. The number of carboxylic acid groups (broad SMARTS) is 1. The summed E-state index contributed by atoms with van der Waals surface area (Å²) in [5, 5.41) is 11.8. The van der Waals surface area contributed by atoms with E-state index in [1.165, 1.54) is 12.3 Å². The molecule has 0 saturated heterocycles. The van der Waals surface area contributed by atoms with Gasteiger partial charge in [0.15, 0.2) is 0 Å². The van der Waals surface area contributed by atoms with Crippen LogP contribution in [0, 0.1) is 0 Å². The lowest BCUT2D eigenvalue weighted by Crippen LogP contribution is -2.52. The van der Waals surface area contributed by atoms with Gasteiger partial charge >= 0.3 is 5.97 Å². The molecule has 6 nitrogen and oxygen atoms in total. The SMILES string of the molecule is Nc1ccc(C(=O)NC2(C(=O)O)CCCC2)nc1. The number of carboxylic acids is 1. The number of anilines is 1. The Balaban J connectivity index is 2.15. The number of nitrogen functional groups attached to an aromatic ring is 1. The predicted molar refractivity (Wildman–Crippen MR) is 65.0 cm³/mol. The second kappa shape index (κ2) is 4.64. The Morgan fingerprint density at radius 2 is 2.00 bits per heavy atom. The van der Waals surface area contributed by atoms with Crippen molar-refractivity contribution >= 4 is 17.6 Å². The number of carbonyl (C=O) groups is 2. The molecular weight excluding hydrogens is 234 g/mol. The minimum atomic E-state index is -1.14. The molecule has 1 aliphatic carbocycles. The molecule has 0 aromatic carbocycles. The number of pyridine rings is 1. The highest BCUT2D eigenvalue weighted by Crippen LogP contribution is 2.30. The maximum atomic E-state index is 11.9. The Hall–Kier alpha value is -2.11. The molecule has 2 rings (SSSR count). The van der Waals surface area contributed by atoms with Crippen molar-refractivity contribution < 1.29 is 14.7 Å². The fourth-order valence-corrected chi connectivity index (χ4v) is 2.19. The highest BCUT2D eigenvalue weighted by atomic mass is 16.4. The van der Waals surface area contributed by atoms with Crippen LogP contribution in [0.4, 0.5) is 5.69 Å². The van der Waals surface area contributed by atoms with Crippen molar-refractivity contribution in [2.24, 2.45) is 0 Å². The van der Waals surface area contributed by atoms with Gasteiger partial charge in [0, 0.05) is 0 Å². The van der Waals surface area contributed by atoms with Gasteiger partial charge in [-0.2, -0.15) is 0 Å². The molecule has 0 unspecified atom stereocenters. The molecule has 1 amide bonds. The molecule has 1 fully saturated rings. The molecule has 1 aromatic rings. The van der Waals surface area contributed by atoms with Crippen molar-refractivity contribution in [3.63, 3.8) is 0 Å². The highest BCUT2D eigenvalue weighted by molar-refractivity contribution is 5.96. The minimum Gasteiger partial charge on any atom is -0.480 e. The highest BCUT2D eigenvalue weighted by Gasteiger charge is 2.42. The summed E-state index contributed by atoms with van der Waals surface area (Å²) in [5.41, 5.74) is 4.97. The molecule has 1 aliphatic rings. The lowest BCUT2D eigenvalue weighted by Gasteiger charge is -2.25. The van der Waals surface area contributed by atoms with Gasteiger partial charge in [0.05, 0.1) is 11.9 Å². The van der Waals surface area contributed by atoms with E-state index in [4.69, 9.17) is 5.73 Å². The Morgan fingerprint density at radius 3 is 2.50 bits per heavy atom. The molecule has 96 valence electrons. The van der Waals surface area contributed by atoms with E-state index in [2.05, 4.69) is 10.3 Å². The number of nitrogens with one attached hydrogen (secondary N) is 1. The molecule has 0 aliphatic heterocycles. The zero-order valence-electron chi connectivity index (χ0n) is 9.85. The van der Waals surface area contributed by atoms with Crippen LogP contribution in [0.2, 0.25) is 0 Å². The number of aliphatic carboxylic acids is 1. The third-order valence-corrected chi connectivity index (χ3v) is 3.24. The number of hydrogen-bond acceptors (Lipinski definition) is 4. The van der Waals surface area contributed by atoms with Gasteiger partial charge < -0.3 is 16.2 Å². The Labute approximate surface area is 104 Å². The van der Waals surface area contributed by atoms with Gasteiger partial charge in [-0.15, -0.1) is 0 Å². The fourth-order valence-electron chi connectivity index (χ4n) is 2.19. The topological polar surface area (TPSA) is 105 Å². The zero-order chi connectivity index (χ0) is 13.2. The summed E-state index contributed by atoms with van der Waals surface area (Å²) in [7, 11) is 0. The van der Waals surface area contributed by atoms with E-state index in [0.717, 1.165) is 12.8 Å². The standard InChI is InChI=1S/C12H15N3O3/c13-8-3-4-9(14-7-8)10(16)15-12(11(17)18)5-1-2-6-12/h3-4,7H,1-2,5-6,13H2,(H,15,16)(H,17,18). The van der Waals surface area contributed by atoms with Crippen LogP contribution in [-0.4, -0.2) is 27.5 Å². The molecule has 1 saturated carbocycles. The molecular formula is C12H15N3O3. The number of hydrogen-bond donors (Lipinski definition) is 3. The molecule has 1 aromatic heterocycles. The van der Waals surface area contributed by atoms with Gasteiger partial charge in [-0.3, -0.25) is 4.79 Å². The van der Waals surface area contributed by atoms with E-state index < -0.39 is 17.4 Å². The number of nitrogens with two attached hydrogens (primary N) is 1.